The summed E-state index contributed by atoms with van der Waals surface area (Å²) in [5.41, 5.74) is 5.67. The standard InChI is InChI=1S/C28H33ClN2O3/c1-19(2)27-26(23-9-6-10-24(29)15-23)28(22-7-4-3-5-8-22)31(30-27)16-20-11-13-21(14-12-20)17-34-18-25(32)33/h3-10,15,19-21H,11-14,16-18H2,1-2H3,(H,32,33). The van der Waals surface area contributed by atoms with E-state index in [2.05, 4.69) is 48.9 Å². The maximum absolute atomic E-state index is 10.7. The fourth-order valence-electron chi connectivity index (χ4n) is 4.97. The Hall–Kier alpha value is -2.63. The van der Waals surface area contributed by atoms with Crippen LogP contribution in [-0.2, 0) is 16.1 Å². The highest BCUT2D eigenvalue weighted by atomic mass is 35.5. The monoisotopic (exact) mass is 480 g/mol. The van der Waals surface area contributed by atoms with Gasteiger partial charge >= 0.3 is 5.97 Å². The Balaban J connectivity index is 1.62. The minimum Gasteiger partial charge on any atom is -0.480 e. The van der Waals surface area contributed by atoms with E-state index >= 15 is 0 Å². The van der Waals surface area contributed by atoms with Crippen molar-refractivity contribution in [3.63, 3.8) is 0 Å². The van der Waals surface area contributed by atoms with E-state index < -0.39 is 5.97 Å². The Morgan fingerprint density at radius 3 is 2.38 bits per heavy atom. The van der Waals surface area contributed by atoms with E-state index in [-0.39, 0.29) is 12.5 Å². The Morgan fingerprint density at radius 1 is 1.06 bits per heavy atom. The van der Waals surface area contributed by atoms with Crippen molar-refractivity contribution in [1.29, 1.82) is 0 Å². The van der Waals surface area contributed by atoms with E-state index in [1.165, 1.54) is 5.56 Å². The summed E-state index contributed by atoms with van der Waals surface area (Å²) in [4.78, 5) is 10.7. The van der Waals surface area contributed by atoms with Crippen LogP contribution in [0.15, 0.2) is 54.6 Å². The van der Waals surface area contributed by atoms with Gasteiger partial charge in [0.25, 0.3) is 0 Å². The molecular formula is C28H33ClN2O3. The minimum absolute atomic E-state index is 0.210. The summed E-state index contributed by atoms with van der Waals surface area (Å²) < 4.78 is 7.56. The molecule has 6 heteroatoms. The minimum atomic E-state index is -0.905. The maximum Gasteiger partial charge on any atom is 0.329 e. The van der Waals surface area contributed by atoms with Crippen molar-refractivity contribution in [2.45, 2.75) is 52.0 Å². The average Bonchev–Trinajstić information content (AvgIpc) is 3.20. The summed E-state index contributed by atoms with van der Waals surface area (Å²) in [6.07, 6.45) is 4.31. The van der Waals surface area contributed by atoms with Crippen molar-refractivity contribution in [3.05, 3.63) is 65.3 Å². The lowest BCUT2D eigenvalue weighted by Gasteiger charge is -2.28. The average molecular weight is 481 g/mol. The molecular weight excluding hydrogens is 448 g/mol. The highest BCUT2D eigenvalue weighted by Gasteiger charge is 2.27. The van der Waals surface area contributed by atoms with Gasteiger partial charge in [0.05, 0.1) is 18.0 Å². The van der Waals surface area contributed by atoms with Crippen molar-refractivity contribution in [2.24, 2.45) is 11.8 Å². The Kier molecular flexibility index (Phi) is 8.07. The summed E-state index contributed by atoms with van der Waals surface area (Å²) in [7, 11) is 0. The highest BCUT2D eigenvalue weighted by molar-refractivity contribution is 6.30. The van der Waals surface area contributed by atoms with Gasteiger partial charge in [0.15, 0.2) is 0 Å². The van der Waals surface area contributed by atoms with E-state index in [9.17, 15) is 4.79 Å². The number of rotatable bonds is 9. The quantitative estimate of drug-likeness (QED) is 0.361. The first-order valence-corrected chi connectivity index (χ1v) is 12.5. The molecule has 1 fully saturated rings. The van der Waals surface area contributed by atoms with E-state index in [0.717, 1.165) is 59.8 Å². The van der Waals surface area contributed by atoms with Crippen LogP contribution >= 0.6 is 11.6 Å². The number of ether oxygens (including phenoxy) is 1. The van der Waals surface area contributed by atoms with Crippen molar-refractivity contribution in [3.8, 4) is 22.4 Å². The maximum atomic E-state index is 10.7. The summed E-state index contributed by atoms with van der Waals surface area (Å²) in [6, 6.07) is 18.6. The largest absolute Gasteiger partial charge is 0.480 e. The Bertz CT molecular complexity index is 1100. The Morgan fingerprint density at radius 2 is 1.74 bits per heavy atom. The van der Waals surface area contributed by atoms with Gasteiger partial charge in [0.1, 0.15) is 6.61 Å². The van der Waals surface area contributed by atoms with Crippen LogP contribution in [-0.4, -0.2) is 34.1 Å². The van der Waals surface area contributed by atoms with Crippen LogP contribution in [0.3, 0.4) is 0 Å². The van der Waals surface area contributed by atoms with Gasteiger partial charge < -0.3 is 9.84 Å². The van der Waals surface area contributed by atoms with Gasteiger partial charge in [-0.3, -0.25) is 4.68 Å². The van der Waals surface area contributed by atoms with Crippen LogP contribution in [0.2, 0.25) is 5.02 Å². The van der Waals surface area contributed by atoms with Gasteiger partial charge in [-0.05, 0) is 61.1 Å². The number of benzene rings is 2. The fraction of sp³-hybridized carbons (Fsp3) is 0.429. The molecule has 0 spiro atoms. The topological polar surface area (TPSA) is 64.4 Å². The van der Waals surface area contributed by atoms with Gasteiger partial charge in [-0.25, -0.2) is 4.79 Å². The van der Waals surface area contributed by atoms with E-state index in [1.54, 1.807) is 0 Å². The number of halogens is 1. The summed E-state index contributed by atoms with van der Waals surface area (Å²) in [6.45, 7) is 5.58. The first-order chi connectivity index (χ1) is 16.4. The molecule has 3 aromatic rings. The zero-order valence-electron chi connectivity index (χ0n) is 19.9. The highest BCUT2D eigenvalue weighted by Crippen LogP contribution is 2.40. The molecule has 0 atom stereocenters. The molecule has 0 aliphatic heterocycles. The summed E-state index contributed by atoms with van der Waals surface area (Å²) >= 11 is 6.38. The number of carboxylic acids is 1. The molecule has 1 heterocycles. The molecule has 0 amide bonds. The van der Waals surface area contributed by atoms with Gasteiger partial charge in [0, 0.05) is 22.7 Å². The van der Waals surface area contributed by atoms with Crippen LogP contribution in [0.1, 0.15) is 51.1 Å². The number of nitrogens with zero attached hydrogens (tertiary/aromatic N) is 2. The Labute approximate surface area is 206 Å². The second-order valence-corrected chi connectivity index (χ2v) is 10.1. The van der Waals surface area contributed by atoms with Gasteiger partial charge in [-0.1, -0.05) is 67.9 Å². The number of aromatic nitrogens is 2. The van der Waals surface area contributed by atoms with Crippen molar-refractivity contribution < 1.29 is 14.6 Å². The molecule has 0 radical (unpaired) electrons. The number of aliphatic carboxylic acids is 1. The molecule has 0 saturated heterocycles. The molecule has 1 aromatic heterocycles. The molecule has 4 rings (SSSR count). The number of hydrogen-bond acceptors (Lipinski definition) is 3. The third-order valence-electron chi connectivity index (χ3n) is 6.66. The van der Waals surface area contributed by atoms with E-state index in [0.29, 0.717) is 18.4 Å². The van der Waals surface area contributed by atoms with Crippen LogP contribution in [0, 0.1) is 11.8 Å². The molecule has 34 heavy (non-hydrogen) atoms. The van der Waals surface area contributed by atoms with Gasteiger partial charge in [-0.15, -0.1) is 0 Å². The normalized spacial score (nSPS) is 18.4. The SMILES string of the molecule is CC(C)c1nn(CC2CCC(COCC(=O)O)CC2)c(-c2ccccc2)c1-c1cccc(Cl)c1. The van der Waals surface area contributed by atoms with Crippen LogP contribution in [0.5, 0.6) is 0 Å². The summed E-state index contributed by atoms with van der Waals surface area (Å²) in [5.74, 6) is 0.345. The lowest BCUT2D eigenvalue weighted by atomic mass is 9.82. The number of carboxylic acid groups (broad SMARTS) is 1. The zero-order valence-corrected chi connectivity index (χ0v) is 20.7. The van der Waals surface area contributed by atoms with E-state index in [4.69, 9.17) is 26.5 Å². The molecule has 0 unspecified atom stereocenters. The van der Waals surface area contributed by atoms with Crippen LogP contribution in [0.25, 0.3) is 22.4 Å². The third kappa shape index (κ3) is 5.89. The van der Waals surface area contributed by atoms with Crippen molar-refractivity contribution >= 4 is 17.6 Å². The molecule has 1 aliphatic carbocycles. The first-order valence-electron chi connectivity index (χ1n) is 12.1. The predicted molar refractivity (Wildman–Crippen MR) is 136 cm³/mol. The zero-order chi connectivity index (χ0) is 24.1. The van der Waals surface area contributed by atoms with E-state index in [1.807, 2.05) is 24.3 Å². The second-order valence-electron chi connectivity index (χ2n) is 9.62. The molecule has 1 N–H and O–H groups in total. The van der Waals surface area contributed by atoms with Crippen molar-refractivity contribution in [1.82, 2.24) is 9.78 Å². The lowest BCUT2D eigenvalue weighted by molar-refractivity contribution is -0.142. The first kappa shape index (κ1) is 24.5. The predicted octanol–water partition coefficient (Wildman–Crippen LogP) is 6.90. The van der Waals surface area contributed by atoms with Crippen molar-refractivity contribution in [2.75, 3.05) is 13.2 Å². The third-order valence-corrected chi connectivity index (χ3v) is 6.90. The smallest absolute Gasteiger partial charge is 0.329 e. The van der Waals surface area contributed by atoms with Crippen LogP contribution in [0.4, 0.5) is 0 Å². The fourth-order valence-corrected chi connectivity index (χ4v) is 5.16. The lowest BCUT2D eigenvalue weighted by Crippen LogP contribution is -2.23. The second kappa shape index (κ2) is 11.2. The molecule has 0 bridgehead atoms. The number of carbonyl (C=O) groups is 1. The number of hydrogen-bond donors (Lipinski definition) is 1. The van der Waals surface area contributed by atoms with Gasteiger partial charge in [-0.2, -0.15) is 5.10 Å². The molecule has 1 saturated carbocycles. The molecule has 1 aliphatic rings. The van der Waals surface area contributed by atoms with Gasteiger partial charge in [0.2, 0.25) is 0 Å². The molecule has 2 aromatic carbocycles. The van der Waals surface area contributed by atoms with Crippen LogP contribution < -0.4 is 0 Å². The summed E-state index contributed by atoms with van der Waals surface area (Å²) in [5, 5.41) is 14.7. The molecule has 180 valence electrons. The molecule has 5 nitrogen and oxygen atoms in total.